The zero-order valence-corrected chi connectivity index (χ0v) is 12.6. The van der Waals surface area contributed by atoms with Crippen LogP contribution in [0.4, 0.5) is 5.69 Å². The van der Waals surface area contributed by atoms with Gasteiger partial charge in [0.25, 0.3) is 0 Å². The van der Waals surface area contributed by atoms with Crippen molar-refractivity contribution in [3.05, 3.63) is 29.8 Å². The van der Waals surface area contributed by atoms with Gasteiger partial charge in [0.05, 0.1) is 0 Å². The lowest BCUT2D eigenvalue weighted by atomic mass is 10.0. The van der Waals surface area contributed by atoms with Crippen LogP contribution in [0, 0.1) is 0 Å². The molecule has 0 saturated carbocycles. The molecule has 1 aliphatic rings. The molecule has 19 heavy (non-hydrogen) atoms. The summed E-state index contributed by atoms with van der Waals surface area (Å²) in [6.45, 7) is 8.91. The van der Waals surface area contributed by atoms with E-state index in [4.69, 9.17) is 5.73 Å². The standard InChI is InChI=1S/C16H27N3/c1-5-16(17)14-6-8-15(9-7-14)19-10-12(2)18(4)13(3)11-19/h6-9,12-13,16H,5,10-11,17H2,1-4H3. The molecule has 0 aliphatic carbocycles. The summed E-state index contributed by atoms with van der Waals surface area (Å²) in [4.78, 5) is 4.94. The Kier molecular flexibility index (Phi) is 4.48. The number of piperazine rings is 1. The molecule has 3 unspecified atom stereocenters. The van der Waals surface area contributed by atoms with Crippen LogP contribution in [0.2, 0.25) is 0 Å². The Morgan fingerprint density at radius 2 is 1.68 bits per heavy atom. The van der Waals surface area contributed by atoms with Gasteiger partial charge in [0, 0.05) is 36.9 Å². The van der Waals surface area contributed by atoms with Crippen LogP contribution in [0.1, 0.15) is 38.8 Å². The van der Waals surface area contributed by atoms with Gasteiger partial charge in [-0.3, -0.25) is 4.90 Å². The maximum absolute atomic E-state index is 6.06. The van der Waals surface area contributed by atoms with E-state index in [1.54, 1.807) is 0 Å². The molecule has 1 aliphatic heterocycles. The van der Waals surface area contributed by atoms with E-state index >= 15 is 0 Å². The predicted octanol–water partition coefficient (Wildman–Crippen LogP) is 2.63. The van der Waals surface area contributed by atoms with E-state index in [1.165, 1.54) is 11.3 Å². The summed E-state index contributed by atoms with van der Waals surface area (Å²) >= 11 is 0. The number of anilines is 1. The second-order valence-corrected chi connectivity index (χ2v) is 5.87. The molecule has 1 heterocycles. The fourth-order valence-electron chi connectivity index (χ4n) is 2.78. The number of benzene rings is 1. The molecule has 2 rings (SSSR count). The molecule has 106 valence electrons. The highest BCUT2D eigenvalue weighted by Crippen LogP contribution is 2.23. The van der Waals surface area contributed by atoms with Gasteiger partial charge < -0.3 is 10.6 Å². The Morgan fingerprint density at radius 1 is 1.16 bits per heavy atom. The minimum Gasteiger partial charge on any atom is -0.368 e. The lowest BCUT2D eigenvalue weighted by molar-refractivity contribution is 0.170. The molecule has 0 bridgehead atoms. The Hall–Kier alpha value is -1.06. The molecule has 0 spiro atoms. The third kappa shape index (κ3) is 3.10. The third-order valence-corrected chi connectivity index (χ3v) is 4.49. The average Bonchev–Trinajstić information content (AvgIpc) is 2.43. The monoisotopic (exact) mass is 261 g/mol. The summed E-state index contributed by atoms with van der Waals surface area (Å²) in [7, 11) is 2.22. The largest absolute Gasteiger partial charge is 0.368 e. The highest BCUT2D eigenvalue weighted by Gasteiger charge is 2.26. The van der Waals surface area contributed by atoms with Crippen molar-refractivity contribution in [2.45, 2.75) is 45.3 Å². The van der Waals surface area contributed by atoms with Crippen molar-refractivity contribution in [3.63, 3.8) is 0 Å². The van der Waals surface area contributed by atoms with Crippen LogP contribution in [-0.2, 0) is 0 Å². The van der Waals surface area contributed by atoms with Gasteiger partial charge in [0.15, 0.2) is 0 Å². The molecule has 3 heteroatoms. The lowest BCUT2D eigenvalue weighted by Crippen LogP contribution is -2.55. The molecule has 0 aromatic heterocycles. The zero-order chi connectivity index (χ0) is 14.0. The van der Waals surface area contributed by atoms with Gasteiger partial charge in [-0.1, -0.05) is 19.1 Å². The first-order valence-electron chi connectivity index (χ1n) is 7.35. The first-order valence-corrected chi connectivity index (χ1v) is 7.35. The van der Waals surface area contributed by atoms with Gasteiger partial charge in [-0.25, -0.2) is 0 Å². The first-order chi connectivity index (χ1) is 9.02. The van der Waals surface area contributed by atoms with E-state index in [2.05, 4.69) is 61.9 Å². The van der Waals surface area contributed by atoms with Crippen LogP contribution in [0.5, 0.6) is 0 Å². The van der Waals surface area contributed by atoms with Gasteiger partial charge in [-0.2, -0.15) is 0 Å². The summed E-state index contributed by atoms with van der Waals surface area (Å²) < 4.78 is 0. The Labute approximate surface area is 117 Å². The van der Waals surface area contributed by atoms with E-state index in [0.717, 1.165) is 19.5 Å². The summed E-state index contributed by atoms with van der Waals surface area (Å²) in [5.41, 5.74) is 8.62. The molecular weight excluding hydrogens is 234 g/mol. The number of rotatable bonds is 3. The minimum atomic E-state index is 0.166. The van der Waals surface area contributed by atoms with E-state index in [1.807, 2.05) is 0 Å². The minimum absolute atomic E-state index is 0.166. The third-order valence-electron chi connectivity index (χ3n) is 4.49. The summed E-state index contributed by atoms with van der Waals surface area (Å²) in [6.07, 6.45) is 0.988. The summed E-state index contributed by atoms with van der Waals surface area (Å²) in [5, 5.41) is 0. The van der Waals surface area contributed by atoms with Crippen molar-refractivity contribution in [1.29, 1.82) is 0 Å². The molecular formula is C16H27N3. The van der Waals surface area contributed by atoms with Crippen LogP contribution in [0.25, 0.3) is 0 Å². The second-order valence-electron chi connectivity index (χ2n) is 5.87. The van der Waals surface area contributed by atoms with Gasteiger partial charge in [0.2, 0.25) is 0 Å². The van der Waals surface area contributed by atoms with Crippen molar-refractivity contribution < 1.29 is 0 Å². The van der Waals surface area contributed by atoms with Crippen LogP contribution < -0.4 is 10.6 Å². The maximum atomic E-state index is 6.06. The summed E-state index contributed by atoms with van der Waals surface area (Å²) in [5.74, 6) is 0. The molecule has 1 saturated heterocycles. The summed E-state index contributed by atoms with van der Waals surface area (Å²) in [6, 6.07) is 10.2. The Balaban J connectivity index is 2.10. The van der Waals surface area contributed by atoms with Crippen molar-refractivity contribution >= 4 is 5.69 Å². The predicted molar refractivity (Wildman–Crippen MR) is 82.6 cm³/mol. The van der Waals surface area contributed by atoms with Crippen molar-refractivity contribution in [2.75, 3.05) is 25.0 Å². The number of nitrogens with zero attached hydrogens (tertiary/aromatic N) is 2. The van der Waals surface area contributed by atoms with Crippen molar-refractivity contribution in [3.8, 4) is 0 Å². The number of hydrogen-bond acceptors (Lipinski definition) is 3. The molecule has 1 aromatic carbocycles. The number of likely N-dealkylation sites (N-methyl/N-ethyl adjacent to an activating group) is 1. The normalized spacial score (nSPS) is 26.5. The SMILES string of the molecule is CCC(N)c1ccc(N2CC(C)N(C)C(C)C2)cc1. The fourth-order valence-corrected chi connectivity index (χ4v) is 2.78. The van der Waals surface area contributed by atoms with E-state index in [-0.39, 0.29) is 6.04 Å². The maximum Gasteiger partial charge on any atom is 0.0367 e. The highest BCUT2D eigenvalue weighted by molar-refractivity contribution is 5.49. The van der Waals surface area contributed by atoms with Crippen molar-refractivity contribution in [1.82, 2.24) is 4.90 Å². The molecule has 0 amide bonds. The topological polar surface area (TPSA) is 32.5 Å². The molecule has 1 aromatic rings. The molecule has 2 N–H and O–H groups in total. The van der Waals surface area contributed by atoms with Crippen LogP contribution in [-0.4, -0.2) is 37.1 Å². The fraction of sp³-hybridized carbons (Fsp3) is 0.625. The van der Waals surface area contributed by atoms with Crippen molar-refractivity contribution in [2.24, 2.45) is 5.73 Å². The smallest absolute Gasteiger partial charge is 0.0367 e. The van der Waals surface area contributed by atoms with Gasteiger partial charge >= 0.3 is 0 Å². The highest BCUT2D eigenvalue weighted by atomic mass is 15.3. The van der Waals surface area contributed by atoms with Crippen LogP contribution in [0.15, 0.2) is 24.3 Å². The van der Waals surface area contributed by atoms with Gasteiger partial charge in [-0.15, -0.1) is 0 Å². The molecule has 0 radical (unpaired) electrons. The molecule has 3 nitrogen and oxygen atoms in total. The van der Waals surface area contributed by atoms with Crippen LogP contribution in [0.3, 0.4) is 0 Å². The van der Waals surface area contributed by atoms with E-state index in [0.29, 0.717) is 12.1 Å². The molecule has 3 atom stereocenters. The number of hydrogen-bond donors (Lipinski definition) is 1. The Bertz CT molecular complexity index is 389. The Morgan fingerprint density at radius 3 is 2.16 bits per heavy atom. The van der Waals surface area contributed by atoms with Gasteiger partial charge in [-0.05, 0) is 45.0 Å². The average molecular weight is 261 g/mol. The van der Waals surface area contributed by atoms with E-state index in [9.17, 15) is 0 Å². The van der Waals surface area contributed by atoms with Gasteiger partial charge in [0.1, 0.15) is 0 Å². The molecule has 1 fully saturated rings. The first kappa shape index (κ1) is 14.4. The zero-order valence-electron chi connectivity index (χ0n) is 12.6. The van der Waals surface area contributed by atoms with Crippen LogP contribution >= 0.6 is 0 Å². The number of nitrogens with two attached hydrogens (primary N) is 1. The lowest BCUT2D eigenvalue weighted by Gasteiger charge is -2.43. The second kappa shape index (κ2) is 5.93. The quantitative estimate of drug-likeness (QED) is 0.908. The van der Waals surface area contributed by atoms with E-state index < -0.39 is 0 Å².